The maximum absolute atomic E-state index is 12.6. The largest absolute Gasteiger partial charge is 0.479 e. The monoisotopic (exact) mass is 398 g/mol. The van der Waals surface area contributed by atoms with E-state index in [4.69, 9.17) is 0 Å². The van der Waals surface area contributed by atoms with E-state index >= 15 is 0 Å². The molecular formula is C21H26N4O4. The Morgan fingerprint density at radius 2 is 1.83 bits per heavy atom. The van der Waals surface area contributed by atoms with Crippen LogP contribution in [0.1, 0.15) is 56.3 Å². The van der Waals surface area contributed by atoms with Crippen LogP contribution < -0.4 is 10.6 Å². The number of aliphatic carboxylic acids is 1. The fraction of sp³-hybridized carbons (Fsp3) is 0.429. The minimum absolute atomic E-state index is 0.000522. The molecule has 8 nitrogen and oxygen atoms in total. The molecule has 1 saturated carbocycles. The highest BCUT2D eigenvalue weighted by molar-refractivity contribution is 6.05. The fourth-order valence-electron chi connectivity index (χ4n) is 3.34. The highest BCUT2D eigenvalue weighted by Gasteiger charge is 2.30. The molecule has 2 aromatic rings. The second kappa shape index (κ2) is 8.46. The first-order valence-electron chi connectivity index (χ1n) is 9.78. The topological polar surface area (TPSA) is 113 Å². The number of amides is 2. The zero-order valence-corrected chi connectivity index (χ0v) is 16.6. The van der Waals surface area contributed by atoms with Gasteiger partial charge in [-0.25, -0.2) is 4.79 Å². The molecule has 3 N–H and O–H groups in total. The Morgan fingerprint density at radius 1 is 1.10 bits per heavy atom. The van der Waals surface area contributed by atoms with Crippen LogP contribution in [0, 0.1) is 5.92 Å². The van der Waals surface area contributed by atoms with E-state index in [2.05, 4.69) is 15.7 Å². The summed E-state index contributed by atoms with van der Waals surface area (Å²) >= 11 is 0. The molecule has 0 unspecified atom stereocenters. The molecule has 1 aromatic carbocycles. The number of hydrogen-bond donors (Lipinski definition) is 3. The first-order valence-corrected chi connectivity index (χ1v) is 9.78. The SMILES string of the molecule is CC(C)(C(=O)O)n1cc(NC(=O)c2cccc(NC(=O)C3CCCCC3)c2)cn1. The molecule has 2 amide bonds. The van der Waals surface area contributed by atoms with Gasteiger partial charge in [-0.3, -0.25) is 14.3 Å². The van der Waals surface area contributed by atoms with E-state index in [0.29, 0.717) is 16.9 Å². The van der Waals surface area contributed by atoms with Crippen LogP contribution in [0.2, 0.25) is 0 Å². The Morgan fingerprint density at radius 3 is 2.52 bits per heavy atom. The van der Waals surface area contributed by atoms with Gasteiger partial charge in [0.1, 0.15) is 0 Å². The molecule has 8 heteroatoms. The van der Waals surface area contributed by atoms with E-state index in [1.54, 1.807) is 24.3 Å². The van der Waals surface area contributed by atoms with Gasteiger partial charge in [-0.15, -0.1) is 0 Å². The van der Waals surface area contributed by atoms with Gasteiger partial charge in [0.25, 0.3) is 5.91 Å². The quantitative estimate of drug-likeness (QED) is 0.689. The Kier molecular flexibility index (Phi) is 6.00. The third-order valence-corrected chi connectivity index (χ3v) is 5.30. The number of hydrogen-bond acceptors (Lipinski definition) is 4. The first-order chi connectivity index (χ1) is 13.8. The number of anilines is 2. The Balaban J connectivity index is 1.66. The Labute approximate surface area is 169 Å². The summed E-state index contributed by atoms with van der Waals surface area (Å²) in [5.41, 5.74) is 0.125. The number of benzene rings is 1. The maximum Gasteiger partial charge on any atom is 0.331 e. The van der Waals surface area contributed by atoms with Crippen LogP contribution in [0.25, 0.3) is 0 Å². The number of carbonyl (C=O) groups is 3. The summed E-state index contributed by atoms with van der Waals surface area (Å²) in [7, 11) is 0. The van der Waals surface area contributed by atoms with E-state index in [-0.39, 0.29) is 17.7 Å². The zero-order valence-electron chi connectivity index (χ0n) is 16.6. The molecule has 0 aliphatic heterocycles. The van der Waals surface area contributed by atoms with Gasteiger partial charge in [-0.05, 0) is 44.9 Å². The summed E-state index contributed by atoms with van der Waals surface area (Å²) in [5.74, 6) is -1.37. The van der Waals surface area contributed by atoms with Crippen LogP contribution in [0.4, 0.5) is 11.4 Å². The van der Waals surface area contributed by atoms with Crippen LogP contribution in [0.3, 0.4) is 0 Å². The molecule has 0 radical (unpaired) electrons. The molecule has 1 aromatic heterocycles. The van der Waals surface area contributed by atoms with Gasteiger partial charge < -0.3 is 15.7 Å². The van der Waals surface area contributed by atoms with Crippen molar-refractivity contribution in [3.05, 3.63) is 42.2 Å². The number of carboxylic acid groups (broad SMARTS) is 1. The van der Waals surface area contributed by atoms with Crippen molar-refractivity contribution in [1.82, 2.24) is 9.78 Å². The van der Waals surface area contributed by atoms with E-state index in [0.717, 1.165) is 25.7 Å². The number of rotatable bonds is 6. The first kappa shape index (κ1) is 20.6. The molecule has 1 aliphatic carbocycles. The summed E-state index contributed by atoms with van der Waals surface area (Å²) in [6.45, 7) is 3.04. The average Bonchev–Trinajstić information content (AvgIpc) is 3.18. The third-order valence-electron chi connectivity index (χ3n) is 5.30. The van der Waals surface area contributed by atoms with Crippen molar-refractivity contribution in [2.45, 2.75) is 51.5 Å². The Bertz CT molecular complexity index is 913. The fourth-order valence-corrected chi connectivity index (χ4v) is 3.34. The lowest BCUT2D eigenvalue weighted by atomic mass is 9.88. The standard InChI is InChI=1S/C21H26N4O4/c1-21(2,20(28)29)25-13-17(12-22-25)24-19(27)15-9-6-10-16(11-15)23-18(26)14-7-4-3-5-8-14/h6,9-14H,3-5,7-8H2,1-2H3,(H,23,26)(H,24,27)(H,28,29). The van der Waals surface area contributed by atoms with Gasteiger partial charge in [-0.2, -0.15) is 5.10 Å². The minimum Gasteiger partial charge on any atom is -0.479 e. The van der Waals surface area contributed by atoms with E-state index in [9.17, 15) is 19.5 Å². The van der Waals surface area contributed by atoms with Crippen molar-refractivity contribution < 1.29 is 19.5 Å². The summed E-state index contributed by atoms with van der Waals surface area (Å²) in [6, 6.07) is 6.74. The number of nitrogens with zero attached hydrogens (tertiary/aromatic N) is 2. The lowest BCUT2D eigenvalue weighted by Crippen LogP contribution is -2.35. The Hall–Kier alpha value is -3.16. The molecule has 0 bridgehead atoms. The number of carbonyl (C=O) groups excluding carboxylic acids is 2. The van der Waals surface area contributed by atoms with Gasteiger partial charge in [0, 0.05) is 23.4 Å². The number of aromatic nitrogens is 2. The normalized spacial score (nSPS) is 15.0. The molecule has 0 spiro atoms. The highest BCUT2D eigenvalue weighted by atomic mass is 16.4. The van der Waals surface area contributed by atoms with Gasteiger partial charge in [0.2, 0.25) is 5.91 Å². The van der Waals surface area contributed by atoms with E-state index in [1.165, 1.54) is 37.3 Å². The molecule has 3 rings (SSSR count). The maximum atomic E-state index is 12.6. The third kappa shape index (κ3) is 4.82. The molecule has 1 heterocycles. The van der Waals surface area contributed by atoms with Crippen LogP contribution >= 0.6 is 0 Å². The highest BCUT2D eigenvalue weighted by Crippen LogP contribution is 2.25. The minimum atomic E-state index is -1.23. The summed E-state index contributed by atoms with van der Waals surface area (Å²) < 4.78 is 1.28. The zero-order chi connectivity index (χ0) is 21.0. The lowest BCUT2D eigenvalue weighted by molar-refractivity contribution is -0.146. The second-order valence-electron chi connectivity index (χ2n) is 7.90. The van der Waals surface area contributed by atoms with Crippen molar-refractivity contribution in [2.75, 3.05) is 10.6 Å². The van der Waals surface area contributed by atoms with Gasteiger partial charge in [-0.1, -0.05) is 25.3 Å². The summed E-state index contributed by atoms with van der Waals surface area (Å²) in [6.07, 6.45) is 8.02. The predicted octanol–water partition coefficient (Wildman–Crippen LogP) is 3.47. The summed E-state index contributed by atoms with van der Waals surface area (Å²) in [5, 5.41) is 18.9. The van der Waals surface area contributed by atoms with Crippen LogP contribution in [-0.4, -0.2) is 32.7 Å². The molecule has 0 saturated heterocycles. The summed E-state index contributed by atoms with van der Waals surface area (Å²) in [4.78, 5) is 36.3. The van der Waals surface area contributed by atoms with E-state index < -0.39 is 11.5 Å². The average molecular weight is 398 g/mol. The van der Waals surface area contributed by atoms with Gasteiger partial charge >= 0.3 is 5.97 Å². The second-order valence-corrected chi connectivity index (χ2v) is 7.90. The van der Waals surface area contributed by atoms with Crippen molar-refractivity contribution in [3.8, 4) is 0 Å². The van der Waals surface area contributed by atoms with Crippen LogP contribution in [0.5, 0.6) is 0 Å². The van der Waals surface area contributed by atoms with E-state index in [1.807, 2.05) is 0 Å². The van der Waals surface area contributed by atoms with Gasteiger partial charge in [0.15, 0.2) is 5.54 Å². The van der Waals surface area contributed by atoms with Crippen molar-refractivity contribution in [3.63, 3.8) is 0 Å². The molecule has 1 aliphatic rings. The molecule has 29 heavy (non-hydrogen) atoms. The molecular weight excluding hydrogens is 372 g/mol. The van der Waals surface area contributed by atoms with Crippen molar-refractivity contribution >= 4 is 29.2 Å². The van der Waals surface area contributed by atoms with Crippen LogP contribution in [0.15, 0.2) is 36.7 Å². The smallest absolute Gasteiger partial charge is 0.331 e. The van der Waals surface area contributed by atoms with Crippen molar-refractivity contribution in [2.24, 2.45) is 5.92 Å². The number of nitrogens with one attached hydrogen (secondary N) is 2. The molecule has 1 fully saturated rings. The number of carboxylic acids is 1. The van der Waals surface area contributed by atoms with Crippen LogP contribution in [-0.2, 0) is 15.1 Å². The predicted molar refractivity (Wildman–Crippen MR) is 109 cm³/mol. The van der Waals surface area contributed by atoms with Gasteiger partial charge in [0.05, 0.1) is 11.9 Å². The van der Waals surface area contributed by atoms with Crippen molar-refractivity contribution in [1.29, 1.82) is 0 Å². The lowest BCUT2D eigenvalue weighted by Gasteiger charge is -2.20. The molecule has 0 atom stereocenters. The molecule has 154 valence electrons.